The number of rotatable bonds is 3. The molecule has 17 heavy (non-hydrogen) atoms. The van der Waals surface area contributed by atoms with E-state index in [9.17, 15) is 4.79 Å². The molecule has 88 valence electrons. The fourth-order valence-electron chi connectivity index (χ4n) is 1.28. The van der Waals surface area contributed by atoms with Crippen molar-refractivity contribution in [3.8, 4) is 0 Å². The maximum atomic E-state index is 11.4. The van der Waals surface area contributed by atoms with Gasteiger partial charge in [0.2, 0.25) is 0 Å². The summed E-state index contributed by atoms with van der Waals surface area (Å²) in [6.45, 7) is 0. The van der Waals surface area contributed by atoms with Gasteiger partial charge in [0.1, 0.15) is 0 Å². The Morgan fingerprint density at radius 2 is 2.35 bits per heavy atom. The number of nitrogens with zero attached hydrogens (tertiary/aromatic N) is 1. The molecule has 0 spiro atoms. The van der Waals surface area contributed by atoms with E-state index in [0.717, 1.165) is 9.24 Å². The van der Waals surface area contributed by atoms with Crippen LogP contribution < -0.4 is 11.1 Å². The molecule has 1 aromatic heterocycles. The monoisotopic (exact) mass is 265 g/mol. The molecule has 0 atom stereocenters. The molecule has 0 bridgehead atoms. The van der Waals surface area contributed by atoms with E-state index in [2.05, 4.69) is 10.3 Å². The second-order valence-electron chi connectivity index (χ2n) is 3.23. The van der Waals surface area contributed by atoms with Gasteiger partial charge in [-0.3, -0.25) is 4.79 Å². The maximum Gasteiger partial charge on any atom is 0.251 e. The number of nitrogens with two attached hydrogens (primary N) is 1. The molecule has 3 N–H and O–H groups in total. The third-order valence-electron chi connectivity index (χ3n) is 2.11. The molecular formula is C11H11N3OS2. The van der Waals surface area contributed by atoms with Crippen LogP contribution in [0.25, 0.3) is 0 Å². The standard InChI is InChI=1S/C11H11N3OS2/c1-13-10(15)7-2-3-9(8(12)6-7)17-11-14-4-5-16-11/h2-6H,12H2,1H3,(H,13,15). The number of thiazole rings is 1. The van der Waals surface area contributed by atoms with Gasteiger partial charge < -0.3 is 11.1 Å². The minimum absolute atomic E-state index is 0.137. The SMILES string of the molecule is CNC(=O)c1ccc(Sc2nccs2)c(N)c1. The van der Waals surface area contributed by atoms with Gasteiger partial charge in [-0.05, 0) is 18.2 Å². The predicted octanol–water partition coefficient (Wildman–Crippen LogP) is 2.24. The van der Waals surface area contributed by atoms with E-state index >= 15 is 0 Å². The van der Waals surface area contributed by atoms with E-state index < -0.39 is 0 Å². The summed E-state index contributed by atoms with van der Waals surface area (Å²) in [7, 11) is 1.59. The van der Waals surface area contributed by atoms with Gasteiger partial charge >= 0.3 is 0 Å². The Hall–Kier alpha value is -1.53. The van der Waals surface area contributed by atoms with E-state index in [1.807, 2.05) is 11.4 Å². The number of amides is 1. The molecule has 0 saturated heterocycles. The van der Waals surface area contributed by atoms with Gasteiger partial charge in [0, 0.05) is 34.8 Å². The molecule has 6 heteroatoms. The van der Waals surface area contributed by atoms with Gasteiger partial charge in [0.05, 0.1) is 0 Å². The van der Waals surface area contributed by atoms with Crippen LogP contribution in [0.2, 0.25) is 0 Å². The number of aromatic nitrogens is 1. The minimum Gasteiger partial charge on any atom is -0.398 e. The molecule has 0 unspecified atom stereocenters. The highest BCUT2D eigenvalue weighted by Gasteiger charge is 2.08. The Morgan fingerprint density at radius 1 is 1.53 bits per heavy atom. The molecule has 2 aromatic rings. The van der Waals surface area contributed by atoms with Crippen LogP contribution in [0.15, 0.2) is 39.0 Å². The first-order chi connectivity index (χ1) is 8.20. The molecular weight excluding hydrogens is 254 g/mol. The summed E-state index contributed by atoms with van der Waals surface area (Å²) >= 11 is 3.06. The molecule has 1 heterocycles. The molecule has 1 aromatic carbocycles. The lowest BCUT2D eigenvalue weighted by Crippen LogP contribution is -2.17. The zero-order chi connectivity index (χ0) is 12.3. The number of carbonyl (C=O) groups is 1. The fourth-order valence-corrected chi connectivity index (χ4v) is 2.88. The molecule has 4 nitrogen and oxygen atoms in total. The number of hydrogen-bond acceptors (Lipinski definition) is 5. The van der Waals surface area contributed by atoms with Gasteiger partial charge in [0.25, 0.3) is 5.91 Å². The smallest absolute Gasteiger partial charge is 0.251 e. The summed E-state index contributed by atoms with van der Waals surface area (Å²) < 4.78 is 0.935. The highest BCUT2D eigenvalue weighted by molar-refractivity contribution is 8.01. The quantitative estimate of drug-likeness (QED) is 0.835. The highest BCUT2D eigenvalue weighted by Crippen LogP contribution is 2.33. The number of benzene rings is 1. The summed E-state index contributed by atoms with van der Waals surface area (Å²) in [5, 5.41) is 4.48. The first kappa shape index (κ1) is 11.9. The van der Waals surface area contributed by atoms with Gasteiger partial charge in [-0.15, -0.1) is 11.3 Å². The van der Waals surface area contributed by atoms with Crippen LogP contribution in [0, 0.1) is 0 Å². The zero-order valence-corrected chi connectivity index (χ0v) is 10.8. The van der Waals surface area contributed by atoms with Crippen LogP contribution in [0.3, 0.4) is 0 Å². The lowest BCUT2D eigenvalue weighted by atomic mass is 10.2. The largest absolute Gasteiger partial charge is 0.398 e. The summed E-state index contributed by atoms with van der Waals surface area (Å²) in [4.78, 5) is 16.5. The Labute approximate surface area is 107 Å². The molecule has 0 saturated carbocycles. The highest BCUT2D eigenvalue weighted by atomic mass is 32.2. The Kier molecular flexibility index (Phi) is 3.65. The van der Waals surface area contributed by atoms with Crippen molar-refractivity contribution >= 4 is 34.7 Å². The van der Waals surface area contributed by atoms with E-state index in [4.69, 9.17) is 5.73 Å². The maximum absolute atomic E-state index is 11.4. The van der Waals surface area contributed by atoms with Crippen molar-refractivity contribution in [3.63, 3.8) is 0 Å². The van der Waals surface area contributed by atoms with Gasteiger partial charge in [0.15, 0.2) is 4.34 Å². The number of nitrogen functional groups attached to an aromatic ring is 1. The van der Waals surface area contributed by atoms with Crippen LogP contribution in [0.4, 0.5) is 5.69 Å². The van der Waals surface area contributed by atoms with Crippen molar-refractivity contribution in [2.24, 2.45) is 0 Å². The first-order valence-corrected chi connectivity index (χ1v) is 6.59. The number of hydrogen-bond donors (Lipinski definition) is 2. The topological polar surface area (TPSA) is 68.0 Å². The van der Waals surface area contributed by atoms with E-state index in [1.165, 1.54) is 11.8 Å². The Bertz CT molecular complexity index is 526. The van der Waals surface area contributed by atoms with Crippen molar-refractivity contribution in [2.75, 3.05) is 12.8 Å². The number of anilines is 1. The average molecular weight is 265 g/mol. The van der Waals surface area contributed by atoms with Crippen LogP contribution in [0.1, 0.15) is 10.4 Å². The van der Waals surface area contributed by atoms with E-state index in [-0.39, 0.29) is 5.91 Å². The summed E-state index contributed by atoms with van der Waals surface area (Å²) in [5.41, 5.74) is 7.06. The predicted molar refractivity (Wildman–Crippen MR) is 70.5 cm³/mol. The van der Waals surface area contributed by atoms with Crippen LogP contribution in [-0.4, -0.2) is 17.9 Å². The van der Waals surface area contributed by atoms with Gasteiger partial charge in [-0.2, -0.15) is 0 Å². The number of carbonyl (C=O) groups excluding carboxylic acids is 1. The summed E-state index contributed by atoms with van der Waals surface area (Å²) in [6.07, 6.45) is 1.75. The van der Waals surface area contributed by atoms with Crippen molar-refractivity contribution < 1.29 is 4.79 Å². The van der Waals surface area contributed by atoms with Crippen molar-refractivity contribution in [1.82, 2.24) is 10.3 Å². The van der Waals surface area contributed by atoms with Crippen molar-refractivity contribution in [2.45, 2.75) is 9.24 Å². The second kappa shape index (κ2) is 5.20. The average Bonchev–Trinajstić information content (AvgIpc) is 2.83. The normalized spacial score (nSPS) is 10.2. The second-order valence-corrected chi connectivity index (χ2v) is 5.42. The van der Waals surface area contributed by atoms with E-state index in [1.54, 1.807) is 36.7 Å². The summed E-state index contributed by atoms with van der Waals surface area (Å²) in [6, 6.07) is 5.27. The lowest BCUT2D eigenvalue weighted by molar-refractivity contribution is 0.0963. The lowest BCUT2D eigenvalue weighted by Gasteiger charge is -2.05. The molecule has 0 fully saturated rings. The molecule has 1 amide bonds. The molecule has 0 aliphatic heterocycles. The third kappa shape index (κ3) is 2.78. The zero-order valence-electron chi connectivity index (χ0n) is 9.14. The minimum atomic E-state index is -0.137. The third-order valence-corrected chi connectivity index (χ3v) is 4.08. The Balaban J connectivity index is 2.23. The first-order valence-electron chi connectivity index (χ1n) is 4.89. The van der Waals surface area contributed by atoms with Gasteiger partial charge in [-0.25, -0.2) is 4.98 Å². The van der Waals surface area contributed by atoms with Crippen molar-refractivity contribution in [3.05, 3.63) is 35.3 Å². The van der Waals surface area contributed by atoms with Crippen molar-refractivity contribution in [1.29, 1.82) is 0 Å². The molecule has 2 rings (SSSR count). The summed E-state index contributed by atoms with van der Waals surface area (Å²) in [5.74, 6) is -0.137. The molecule has 0 aliphatic rings. The van der Waals surface area contributed by atoms with E-state index in [0.29, 0.717) is 11.3 Å². The number of nitrogens with one attached hydrogen (secondary N) is 1. The molecule has 0 aliphatic carbocycles. The van der Waals surface area contributed by atoms with Crippen LogP contribution in [-0.2, 0) is 0 Å². The molecule has 0 radical (unpaired) electrons. The Morgan fingerprint density at radius 3 is 2.94 bits per heavy atom. The fraction of sp³-hybridized carbons (Fsp3) is 0.0909. The van der Waals surface area contributed by atoms with Crippen LogP contribution >= 0.6 is 23.1 Å². The van der Waals surface area contributed by atoms with Gasteiger partial charge in [-0.1, -0.05) is 11.8 Å². The van der Waals surface area contributed by atoms with Crippen LogP contribution in [0.5, 0.6) is 0 Å².